The standard InChI is InChI=1S/C41H40ClF8N7O5S2/c1-40(2,63(3,59)60)11-10-22-4-7-24(25-8-9-28(42)33-36(25)57(18-30(45)46)55-39(33)56-64(61,62)23-5-6-23)35(53-22)29(14-19-12-20(43)15-21(44)13-19)54-31(58)17-52-37-32(34(51)38(47)48)26-16-27(26)41(37,49)50/h4,7-9,12-13,15,23,26-27,29-30,34,38,52H,5-6,14,16-18,51H2,1-3H3,(H,54,58)(H,55,56). The first kappa shape index (κ1) is 47.0. The summed E-state index contributed by atoms with van der Waals surface area (Å²) in [6.45, 7) is 0.631. The second kappa shape index (κ2) is 17.1. The largest absolute Gasteiger partial charge is 0.375 e. The number of sulfone groups is 1. The topological polar surface area (TPSA) is 178 Å². The molecule has 0 spiro atoms. The molecule has 2 aromatic carbocycles. The summed E-state index contributed by atoms with van der Waals surface area (Å²) in [5, 5.41) is 8.08. The zero-order valence-corrected chi connectivity index (χ0v) is 36.4. The van der Waals surface area contributed by atoms with E-state index in [4.69, 9.17) is 17.3 Å². The highest BCUT2D eigenvalue weighted by Crippen LogP contribution is 2.62. The number of carbonyl (C=O) groups excluding carboxylic acids is 1. The van der Waals surface area contributed by atoms with Crippen molar-refractivity contribution in [2.75, 3.05) is 17.5 Å². The van der Waals surface area contributed by atoms with Gasteiger partial charge in [-0.2, -0.15) is 13.9 Å². The smallest absolute Gasteiger partial charge is 0.290 e. The average Bonchev–Trinajstić information content (AvgIpc) is 4.11. The van der Waals surface area contributed by atoms with Crippen LogP contribution in [0.3, 0.4) is 0 Å². The van der Waals surface area contributed by atoms with Crippen molar-refractivity contribution in [3.05, 3.63) is 87.3 Å². The van der Waals surface area contributed by atoms with E-state index in [1.807, 2.05) is 0 Å². The van der Waals surface area contributed by atoms with Crippen molar-refractivity contribution in [3.63, 3.8) is 0 Å². The highest BCUT2D eigenvalue weighted by atomic mass is 35.5. The van der Waals surface area contributed by atoms with Gasteiger partial charge >= 0.3 is 0 Å². The van der Waals surface area contributed by atoms with Crippen molar-refractivity contribution in [1.82, 2.24) is 25.4 Å². The number of rotatable bonds is 16. The fourth-order valence-corrected chi connectivity index (χ4v) is 9.45. The number of sulfonamides is 1. The molecule has 4 unspecified atom stereocenters. The summed E-state index contributed by atoms with van der Waals surface area (Å²) in [5.41, 5.74) is 3.80. The van der Waals surface area contributed by atoms with Crippen LogP contribution in [0.25, 0.3) is 22.0 Å². The Hall–Kier alpha value is -4.98. The van der Waals surface area contributed by atoms with Gasteiger partial charge in [0.15, 0.2) is 15.7 Å². The molecule has 3 aliphatic carbocycles. The molecule has 0 bridgehead atoms. The number of hydrogen-bond acceptors (Lipinski definition) is 9. The maximum Gasteiger partial charge on any atom is 0.290 e. The molecule has 12 nitrogen and oxygen atoms in total. The Balaban J connectivity index is 1.40. The van der Waals surface area contributed by atoms with E-state index >= 15 is 8.78 Å². The van der Waals surface area contributed by atoms with Crippen LogP contribution in [0.5, 0.6) is 0 Å². The molecule has 0 aliphatic heterocycles. The first-order valence-corrected chi connectivity index (χ1v) is 23.5. The van der Waals surface area contributed by atoms with E-state index in [1.165, 1.54) is 38.1 Å². The number of nitrogens with two attached hydrogens (primary N) is 1. The number of halogens is 9. The Kier molecular flexibility index (Phi) is 12.6. The van der Waals surface area contributed by atoms with Gasteiger partial charge in [0.2, 0.25) is 15.9 Å². The van der Waals surface area contributed by atoms with Crippen LogP contribution in [-0.4, -0.2) is 85.1 Å². The van der Waals surface area contributed by atoms with Gasteiger partial charge < -0.3 is 16.4 Å². The lowest BCUT2D eigenvalue weighted by atomic mass is 9.93. The maximum absolute atomic E-state index is 15.4. The second-order valence-corrected chi connectivity index (χ2v) is 21.4. The van der Waals surface area contributed by atoms with Gasteiger partial charge in [-0.25, -0.2) is 48.2 Å². The third kappa shape index (κ3) is 9.53. The minimum Gasteiger partial charge on any atom is -0.375 e. The third-order valence-corrected chi connectivity index (χ3v) is 15.4. The molecule has 0 radical (unpaired) electrons. The highest BCUT2D eigenvalue weighted by molar-refractivity contribution is 7.93. The van der Waals surface area contributed by atoms with Crippen LogP contribution in [-0.2, 0) is 37.6 Å². The molecule has 4 aromatic rings. The van der Waals surface area contributed by atoms with E-state index in [0.717, 1.165) is 23.1 Å². The quantitative estimate of drug-likeness (QED) is 0.0722. The number of allylic oxidation sites excluding steroid dienone is 1. The number of fused-ring (bicyclic) bond motifs is 2. The zero-order valence-electron chi connectivity index (χ0n) is 34.0. The summed E-state index contributed by atoms with van der Waals surface area (Å²) in [6, 6.07) is 4.26. The molecular weight excluding hydrogens is 922 g/mol. The van der Waals surface area contributed by atoms with E-state index < -0.39 is 121 Å². The number of hydrogen-bond donors (Lipinski definition) is 4. The number of aromatic nitrogens is 3. The number of nitrogens with zero attached hydrogens (tertiary/aromatic N) is 3. The Morgan fingerprint density at radius 2 is 1.69 bits per heavy atom. The van der Waals surface area contributed by atoms with Crippen molar-refractivity contribution in [2.45, 2.75) is 86.9 Å². The second-order valence-electron chi connectivity index (χ2n) is 16.5. The molecular formula is C41H40ClF8N7O5S2. The molecule has 2 aromatic heterocycles. The molecule has 3 aliphatic rings. The summed E-state index contributed by atoms with van der Waals surface area (Å²) in [7, 11) is -7.82. The number of pyridine rings is 1. The molecule has 2 heterocycles. The minimum atomic E-state index is -4.04. The lowest BCUT2D eigenvalue weighted by Crippen LogP contribution is -2.42. The first-order valence-electron chi connectivity index (χ1n) is 19.7. The fourth-order valence-electron chi connectivity index (χ4n) is 7.64. The molecule has 23 heteroatoms. The van der Waals surface area contributed by atoms with Crippen LogP contribution < -0.4 is 21.1 Å². The molecule has 2 saturated carbocycles. The molecule has 344 valence electrons. The number of carbonyl (C=O) groups is 1. The minimum absolute atomic E-state index is 0.00653. The molecule has 64 heavy (non-hydrogen) atoms. The number of amides is 1. The van der Waals surface area contributed by atoms with Crippen molar-refractivity contribution in [3.8, 4) is 23.0 Å². The molecule has 1 amide bonds. The lowest BCUT2D eigenvalue weighted by Gasteiger charge is -2.25. The van der Waals surface area contributed by atoms with E-state index in [0.29, 0.717) is 18.9 Å². The Bertz CT molecular complexity index is 2840. The molecule has 2 fully saturated rings. The van der Waals surface area contributed by atoms with E-state index in [9.17, 15) is 48.0 Å². The maximum atomic E-state index is 15.4. The van der Waals surface area contributed by atoms with E-state index in [-0.39, 0.29) is 56.2 Å². The molecule has 5 N–H and O–H groups in total. The van der Waals surface area contributed by atoms with Crippen LogP contribution in [0.1, 0.15) is 56.1 Å². The van der Waals surface area contributed by atoms with Crippen molar-refractivity contribution >= 4 is 54.1 Å². The highest BCUT2D eigenvalue weighted by Gasteiger charge is 2.66. The van der Waals surface area contributed by atoms with Gasteiger partial charge in [0.05, 0.1) is 51.2 Å². The molecule has 7 rings (SSSR count). The van der Waals surface area contributed by atoms with Gasteiger partial charge in [0.1, 0.15) is 28.6 Å². The van der Waals surface area contributed by atoms with Crippen molar-refractivity contribution in [2.24, 2.45) is 17.6 Å². The van der Waals surface area contributed by atoms with Crippen molar-refractivity contribution in [1.29, 1.82) is 0 Å². The molecule has 0 saturated heterocycles. The third-order valence-electron chi connectivity index (χ3n) is 11.4. The predicted molar refractivity (Wildman–Crippen MR) is 222 cm³/mol. The van der Waals surface area contributed by atoms with Crippen molar-refractivity contribution < 1.29 is 56.8 Å². The number of alkyl halides is 6. The van der Waals surface area contributed by atoms with Gasteiger partial charge in [-0.3, -0.25) is 14.2 Å². The van der Waals surface area contributed by atoms with E-state index in [1.54, 1.807) is 0 Å². The first-order chi connectivity index (χ1) is 29.8. The van der Waals surface area contributed by atoms with Crippen LogP contribution in [0.15, 0.2) is 53.7 Å². The average molecular weight is 962 g/mol. The van der Waals surface area contributed by atoms with Crippen LogP contribution in [0.4, 0.5) is 40.9 Å². The van der Waals surface area contributed by atoms with E-state index in [2.05, 4.69) is 37.3 Å². The number of benzene rings is 2. The Morgan fingerprint density at radius 3 is 2.30 bits per heavy atom. The summed E-state index contributed by atoms with van der Waals surface area (Å²) in [4.78, 5) is 18.5. The Morgan fingerprint density at radius 1 is 1.03 bits per heavy atom. The zero-order chi connectivity index (χ0) is 46.8. The monoisotopic (exact) mass is 961 g/mol. The van der Waals surface area contributed by atoms with Crippen LogP contribution >= 0.6 is 11.6 Å². The Labute approximate surface area is 367 Å². The predicted octanol–water partition coefficient (Wildman–Crippen LogP) is 6.49. The summed E-state index contributed by atoms with van der Waals surface area (Å²) in [6.07, 6.45) is -5.15. The molecule has 4 atom stereocenters. The van der Waals surface area contributed by atoms with Gasteiger partial charge in [-0.1, -0.05) is 23.6 Å². The lowest BCUT2D eigenvalue weighted by molar-refractivity contribution is -0.121. The normalized spacial score (nSPS) is 19.4. The van der Waals surface area contributed by atoms with Gasteiger partial charge in [0, 0.05) is 29.4 Å². The summed E-state index contributed by atoms with van der Waals surface area (Å²) in [5.74, 6) is -4.03. The van der Waals surface area contributed by atoms with Crippen LogP contribution in [0, 0.1) is 35.3 Å². The number of nitrogens with one attached hydrogen (secondary N) is 3. The summed E-state index contributed by atoms with van der Waals surface area (Å²) < 4.78 is 169. The fraction of sp³-hybridized carbons (Fsp3) is 0.439. The SMILES string of the molecule is CC(C)(C#Cc1ccc(-c2ccc(Cl)c3c(NS(=O)(=O)C4CC4)nn(CC(F)F)c23)c(C(Cc2cc(F)cc(F)c2)NC(=O)CNC2=C(C(N)C(F)F)C3CC3C2(F)F)n1)S(C)(=O)=O. The summed E-state index contributed by atoms with van der Waals surface area (Å²) >= 11 is 6.62. The van der Waals surface area contributed by atoms with Gasteiger partial charge in [-0.05, 0) is 92.8 Å². The van der Waals surface area contributed by atoms with Gasteiger partial charge in [-0.15, -0.1) is 0 Å². The van der Waals surface area contributed by atoms with Gasteiger partial charge in [0.25, 0.3) is 18.8 Å². The van der Waals surface area contributed by atoms with Crippen LogP contribution in [0.2, 0.25) is 5.02 Å². The number of anilines is 1.